The number of amides is 3. The average molecular weight is 278 g/mol. The van der Waals surface area contributed by atoms with E-state index in [4.69, 9.17) is 4.74 Å². The molecule has 1 fully saturated rings. The van der Waals surface area contributed by atoms with Crippen molar-refractivity contribution in [2.75, 3.05) is 13.7 Å². The van der Waals surface area contributed by atoms with Gasteiger partial charge < -0.3 is 14.8 Å². The number of nitrogens with zero attached hydrogens (tertiary/aromatic N) is 1. The van der Waals surface area contributed by atoms with E-state index in [0.717, 1.165) is 10.5 Å². The van der Waals surface area contributed by atoms with Crippen molar-refractivity contribution in [3.8, 4) is 0 Å². The Hall–Kier alpha value is -2.57. The molecule has 0 aliphatic carbocycles. The van der Waals surface area contributed by atoms with Crippen LogP contribution < -0.4 is 5.32 Å². The molecule has 0 saturated carbocycles. The average Bonchev–Trinajstić information content (AvgIpc) is 2.87. The molecule has 7 nitrogen and oxygen atoms in total. The van der Waals surface area contributed by atoms with Crippen molar-refractivity contribution in [2.24, 2.45) is 0 Å². The summed E-state index contributed by atoms with van der Waals surface area (Å²) in [7, 11) is 1.21. The van der Waals surface area contributed by atoms with E-state index in [-0.39, 0.29) is 13.2 Å². The summed E-state index contributed by atoms with van der Waals surface area (Å²) in [6.45, 7) is -0.0362. The summed E-state index contributed by atoms with van der Waals surface area (Å²) in [5, 5.41) is 2.35. The minimum absolute atomic E-state index is 0.0618. The summed E-state index contributed by atoms with van der Waals surface area (Å²) in [5.74, 6) is -0.600. The number of esters is 1. The zero-order valence-corrected chi connectivity index (χ0v) is 10.9. The Morgan fingerprint density at radius 3 is 2.70 bits per heavy atom. The molecule has 0 bridgehead atoms. The zero-order valence-electron chi connectivity index (χ0n) is 10.9. The molecule has 0 aromatic heterocycles. The standard InChI is InChI=1S/C13H14N2O5/c1-19-11(16)10-7-15(12(17)14-10)13(18)20-8-9-5-3-2-4-6-9/h2-6,10H,7-8H2,1H3,(H,14,17)/t10-/m1/s1. The Labute approximate surface area is 115 Å². The highest BCUT2D eigenvalue weighted by molar-refractivity contribution is 5.96. The molecule has 0 unspecified atom stereocenters. The number of hydrogen-bond acceptors (Lipinski definition) is 5. The summed E-state index contributed by atoms with van der Waals surface area (Å²) in [6, 6.07) is 7.57. The van der Waals surface area contributed by atoms with Gasteiger partial charge in [-0.15, -0.1) is 0 Å². The number of carbonyl (C=O) groups is 3. The summed E-state index contributed by atoms with van der Waals surface area (Å²) >= 11 is 0. The van der Waals surface area contributed by atoms with Crippen LogP contribution in [0.15, 0.2) is 30.3 Å². The predicted molar refractivity (Wildman–Crippen MR) is 67.7 cm³/mol. The van der Waals surface area contributed by atoms with Crippen LogP contribution in [0.1, 0.15) is 5.56 Å². The predicted octanol–water partition coefficient (Wildman–Crippen LogP) is 0.890. The molecule has 1 aromatic rings. The first-order valence-corrected chi connectivity index (χ1v) is 5.98. The molecule has 1 N–H and O–H groups in total. The molecular formula is C13H14N2O5. The topological polar surface area (TPSA) is 84.9 Å². The van der Waals surface area contributed by atoms with Gasteiger partial charge >= 0.3 is 18.1 Å². The van der Waals surface area contributed by atoms with Crippen LogP contribution in [0.25, 0.3) is 0 Å². The third-order valence-electron chi connectivity index (χ3n) is 2.82. The first-order chi connectivity index (χ1) is 9.61. The lowest BCUT2D eigenvalue weighted by Crippen LogP contribution is -2.35. The molecule has 2 rings (SSSR count). The molecule has 20 heavy (non-hydrogen) atoms. The molecule has 1 heterocycles. The van der Waals surface area contributed by atoms with Gasteiger partial charge in [0.05, 0.1) is 13.7 Å². The fraction of sp³-hybridized carbons (Fsp3) is 0.308. The van der Waals surface area contributed by atoms with Crippen LogP contribution in [0.2, 0.25) is 0 Å². The van der Waals surface area contributed by atoms with E-state index < -0.39 is 24.1 Å². The van der Waals surface area contributed by atoms with Crippen LogP contribution in [0.5, 0.6) is 0 Å². The van der Waals surface area contributed by atoms with Crippen LogP contribution in [-0.4, -0.2) is 42.7 Å². The zero-order chi connectivity index (χ0) is 14.5. The summed E-state index contributed by atoms with van der Waals surface area (Å²) in [5.41, 5.74) is 0.810. The molecule has 1 atom stereocenters. The maximum Gasteiger partial charge on any atom is 0.418 e. The normalized spacial score (nSPS) is 17.6. The summed E-state index contributed by atoms with van der Waals surface area (Å²) in [4.78, 5) is 35.5. The van der Waals surface area contributed by atoms with Gasteiger partial charge in [0.25, 0.3) is 0 Å². The minimum Gasteiger partial charge on any atom is -0.467 e. The number of hydrogen-bond donors (Lipinski definition) is 1. The van der Waals surface area contributed by atoms with E-state index in [1.807, 2.05) is 18.2 Å². The van der Waals surface area contributed by atoms with Crippen molar-refractivity contribution in [3.63, 3.8) is 0 Å². The van der Waals surface area contributed by atoms with Crippen LogP contribution in [-0.2, 0) is 20.9 Å². The van der Waals surface area contributed by atoms with Crippen molar-refractivity contribution >= 4 is 18.1 Å². The van der Waals surface area contributed by atoms with Gasteiger partial charge in [-0.1, -0.05) is 30.3 Å². The van der Waals surface area contributed by atoms with E-state index in [9.17, 15) is 14.4 Å². The lowest BCUT2D eigenvalue weighted by atomic mass is 10.2. The fourth-order valence-corrected chi connectivity index (χ4v) is 1.77. The second-order valence-corrected chi connectivity index (χ2v) is 4.18. The lowest BCUT2D eigenvalue weighted by Gasteiger charge is -2.12. The molecule has 106 valence electrons. The first-order valence-electron chi connectivity index (χ1n) is 5.98. The maximum absolute atomic E-state index is 11.8. The van der Waals surface area contributed by atoms with E-state index in [2.05, 4.69) is 10.1 Å². The number of imide groups is 1. The fourth-order valence-electron chi connectivity index (χ4n) is 1.77. The second-order valence-electron chi connectivity index (χ2n) is 4.18. The van der Waals surface area contributed by atoms with E-state index >= 15 is 0 Å². The highest BCUT2D eigenvalue weighted by Gasteiger charge is 2.38. The third-order valence-corrected chi connectivity index (χ3v) is 2.82. The molecule has 0 radical (unpaired) electrons. The number of methoxy groups -OCH3 is 1. The highest BCUT2D eigenvalue weighted by Crippen LogP contribution is 2.09. The number of urea groups is 1. The monoisotopic (exact) mass is 278 g/mol. The van der Waals surface area contributed by atoms with Crippen molar-refractivity contribution in [1.29, 1.82) is 0 Å². The molecule has 0 spiro atoms. The Morgan fingerprint density at radius 2 is 2.05 bits per heavy atom. The van der Waals surface area contributed by atoms with Crippen LogP contribution in [0.4, 0.5) is 9.59 Å². The third kappa shape index (κ3) is 3.05. The van der Waals surface area contributed by atoms with Crippen molar-refractivity contribution < 1.29 is 23.9 Å². The summed E-state index contributed by atoms with van der Waals surface area (Å²) < 4.78 is 9.53. The van der Waals surface area contributed by atoms with Gasteiger partial charge in [-0.05, 0) is 5.56 Å². The van der Waals surface area contributed by atoms with Gasteiger partial charge in [0.2, 0.25) is 0 Å². The quantitative estimate of drug-likeness (QED) is 0.830. The van der Waals surface area contributed by atoms with Gasteiger partial charge in [0, 0.05) is 0 Å². The second kappa shape index (κ2) is 6.05. The molecule has 1 aromatic carbocycles. The number of carbonyl (C=O) groups excluding carboxylic acids is 3. The highest BCUT2D eigenvalue weighted by atomic mass is 16.6. The van der Waals surface area contributed by atoms with Gasteiger partial charge in [-0.25, -0.2) is 19.3 Å². The smallest absolute Gasteiger partial charge is 0.418 e. The number of nitrogens with one attached hydrogen (secondary N) is 1. The molecule has 7 heteroatoms. The lowest BCUT2D eigenvalue weighted by molar-refractivity contribution is -0.142. The van der Waals surface area contributed by atoms with Gasteiger partial charge in [0.15, 0.2) is 0 Å². The Balaban J connectivity index is 1.90. The van der Waals surface area contributed by atoms with Gasteiger partial charge in [0.1, 0.15) is 12.6 Å². The molecule has 1 aliphatic rings. The Kier molecular flexibility index (Phi) is 4.19. The largest absolute Gasteiger partial charge is 0.467 e. The SMILES string of the molecule is COC(=O)[C@H]1CN(C(=O)OCc2ccccc2)C(=O)N1. The van der Waals surface area contributed by atoms with Crippen LogP contribution >= 0.6 is 0 Å². The number of rotatable bonds is 3. The summed E-state index contributed by atoms with van der Waals surface area (Å²) in [6.07, 6.45) is -0.794. The van der Waals surface area contributed by atoms with Crippen molar-refractivity contribution in [3.05, 3.63) is 35.9 Å². The number of ether oxygens (including phenoxy) is 2. The van der Waals surface area contributed by atoms with Crippen LogP contribution in [0, 0.1) is 0 Å². The van der Waals surface area contributed by atoms with E-state index in [0.29, 0.717) is 0 Å². The maximum atomic E-state index is 11.8. The molecule has 3 amide bonds. The van der Waals surface area contributed by atoms with Gasteiger partial charge in [-0.2, -0.15) is 0 Å². The minimum atomic E-state index is -0.850. The van der Waals surface area contributed by atoms with E-state index in [1.165, 1.54) is 7.11 Å². The van der Waals surface area contributed by atoms with Crippen molar-refractivity contribution in [2.45, 2.75) is 12.6 Å². The molecular weight excluding hydrogens is 264 g/mol. The van der Waals surface area contributed by atoms with E-state index in [1.54, 1.807) is 12.1 Å². The molecule has 1 saturated heterocycles. The Bertz CT molecular complexity index is 517. The molecule has 1 aliphatic heterocycles. The number of benzene rings is 1. The van der Waals surface area contributed by atoms with Crippen molar-refractivity contribution in [1.82, 2.24) is 10.2 Å². The van der Waals surface area contributed by atoms with Crippen LogP contribution in [0.3, 0.4) is 0 Å². The Morgan fingerprint density at radius 1 is 1.35 bits per heavy atom. The first kappa shape index (κ1) is 13.9. The van der Waals surface area contributed by atoms with Gasteiger partial charge in [-0.3, -0.25) is 0 Å².